The fourth-order valence-corrected chi connectivity index (χ4v) is 3.97. The van der Waals surface area contributed by atoms with Crippen LogP contribution in [0.5, 0.6) is 5.75 Å². The number of ether oxygens (including phenoxy) is 1. The van der Waals surface area contributed by atoms with E-state index in [1.807, 2.05) is 24.3 Å². The van der Waals surface area contributed by atoms with Crippen LogP contribution in [0.2, 0.25) is 0 Å². The van der Waals surface area contributed by atoms with E-state index in [-0.39, 0.29) is 17.0 Å². The highest BCUT2D eigenvalue weighted by molar-refractivity contribution is 7.89. The number of hydrogen-bond acceptors (Lipinski definition) is 6. The number of hydrogen-bond donors (Lipinski definition) is 3. The topological polar surface area (TPSA) is 128 Å². The van der Waals surface area contributed by atoms with Gasteiger partial charge in [-0.25, -0.2) is 18.2 Å². The minimum atomic E-state index is -3.69. The number of sulfonamides is 1. The Balaban J connectivity index is 1.45. The van der Waals surface area contributed by atoms with Crippen LogP contribution in [0.3, 0.4) is 0 Å². The highest BCUT2D eigenvalue weighted by Crippen LogP contribution is 2.24. The Morgan fingerprint density at radius 2 is 1.90 bits per heavy atom. The molecular weight excluding hydrogens is 418 g/mol. The molecule has 1 aromatic heterocycles. The average Bonchev–Trinajstić information content (AvgIpc) is 3.22. The van der Waals surface area contributed by atoms with E-state index >= 15 is 0 Å². The summed E-state index contributed by atoms with van der Waals surface area (Å²) in [5.41, 5.74) is 3.07. The molecule has 1 atom stereocenters. The Morgan fingerprint density at radius 3 is 2.55 bits per heavy atom. The number of amides is 1. The maximum Gasteiger partial charge on any atom is 0.269 e. The van der Waals surface area contributed by atoms with Crippen LogP contribution in [0.4, 0.5) is 0 Å². The lowest BCUT2D eigenvalue weighted by Crippen LogP contribution is -2.45. The third kappa shape index (κ3) is 4.61. The van der Waals surface area contributed by atoms with Crippen LogP contribution in [0.1, 0.15) is 22.2 Å². The molecule has 0 saturated heterocycles. The number of aromatic nitrogens is 2. The Morgan fingerprint density at radius 1 is 1.19 bits per heavy atom. The average molecular weight is 442 g/mol. The summed E-state index contributed by atoms with van der Waals surface area (Å²) >= 11 is 0. The minimum absolute atomic E-state index is 0.0893. The van der Waals surface area contributed by atoms with Crippen LogP contribution in [-0.4, -0.2) is 44.3 Å². The lowest BCUT2D eigenvalue weighted by Gasteiger charge is -2.25. The van der Waals surface area contributed by atoms with Crippen molar-refractivity contribution < 1.29 is 17.9 Å². The summed E-state index contributed by atoms with van der Waals surface area (Å²) in [5, 5.41) is 16.1. The van der Waals surface area contributed by atoms with E-state index in [0.29, 0.717) is 30.9 Å². The van der Waals surface area contributed by atoms with Gasteiger partial charge >= 0.3 is 0 Å². The van der Waals surface area contributed by atoms with Crippen LogP contribution in [0, 0.1) is 0 Å². The van der Waals surface area contributed by atoms with Gasteiger partial charge < -0.3 is 10.1 Å². The summed E-state index contributed by atoms with van der Waals surface area (Å²) in [4.78, 5) is 12.4. The van der Waals surface area contributed by atoms with Crippen molar-refractivity contribution in [3.8, 4) is 17.0 Å². The van der Waals surface area contributed by atoms with E-state index in [9.17, 15) is 13.2 Å². The quantitative estimate of drug-likeness (QED) is 0.507. The highest BCUT2D eigenvalue weighted by atomic mass is 32.2. The molecule has 0 spiro atoms. The molecule has 4 rings (SSSR count). The van der Waals surface area contributed by atoms with E-state index in [4.69, 9.17) is 9.88 Å². The number of nitrogens with two attached hydrogens (primary N) is 1. The van der Waals surface area contributed by atoms with E-state index in [0.717, 1.165) is 16.9 Å². The standard InChI is InChI=1S/C21H23N5O4S/c1-30-16-6-4-15(5-7-16)18-12-19-21(27)24-13-20(26(19)25-18)23-11-10-14-2-8-17(9-3-14)31(22,28)29/h2-9,12,20,23H,10-11,13H2,1H3,(H,24,27)(H2,22,28,29)/t20-/m0/s1. The molecule has 31 heavy (non-hydrogen) atoms. The van der Waals surface area contributed by atoms with Gasteiger partial charge in [0.1, 0.15) is 17.6 Å². The van der Waals surface area contributed by atoms with Gasteiger partial charge in [0.2, 0.25) is 10.0 Å². The lowest BCUT2D eigenvalue weighted by molar-refractivity contribution is 0.0900. The van der Waals surface area contributed by atoms with Crippen molar-refractivity contribution in [1.82, 2.24) is 20.4 Å². The third-order valence-corrected chi connectivity index (χ3v) is 6.08. The van der Waals surface area contributed by atoms with E-state index in [1.165, 1.54) is 12.1 Å². The molecule has 1 amide bonds. The van der Waals surface area contributed by atoms with E-state index < -0.39 is 10.0 Å². The zero-order valence-electron chi connectivity index (χ0n) is 16.9. The Hall–Kier alpha value is -3.21. The van der Waals surface area contributed by atoms with Gasteiger partial charge in [0.25, 0.3) is 5.91 Å². The minimum Gasteiger partial charge on any atom is -0.497 e. The van der Waals surface area contributed by atoms with Crippen LogP contribution in [-0.2, 0) is 16.4 Å². The highest BCUT2D eigenvalue weighted by Gasteiger charge is 2.27. The number of nitrogens with zero attached hydrogens (tertiary/aromatic N) is 2. The molecule has 2 heterocycles. The summed E-state index contributed by atoms with van der Waals surface area (Å²) in [5.74, 6) is 0.589. The fourth-order valence-electron chi connectivity index (χ4n) is 3.46. The number of rotatable bonds is 7. The monoisotopic (exact) mass is 441 g/mol. The van der Waals surface area contributed by atoms with Gasteiger partial charge in [0.15, 0.2) is 0 Å². The van der Waals surface area contributed by atoms with Crippen LogP contribution in [0.25, 0.3) is 11.3 Å². The smallest absolute Gasteiger partial charge is 0.269 e. The number of fused-ring (bicyclic) bond motifs is 1. The molecule has 0 fully saturated rings. The molecule has 4 N–H and O–H groups in total. The molecule has 0 unspecified atom stereocenters. The van der Waals surface area contributed by atoms with Gasteiger partial charge in [-0.1, -0.05) is 12.1 Å². The fraction of sp³-hybridized carbons (Fsp3) is 0.238. The van der Waals surface area contributed by atoms with E-state index in [1.54, 1.807) is 30.0 Å². The summed E-state index contributed by atoms with van der Waals surface area (Å²) in [6.45, 7) is 1.03. The number of methoxy groups -OCH3 is 1. The zero-order chi connectivity index (χ0) is 22.0. The summed E-state index contributed by atoms with van der Waals surface area (Å²) in [6.07, 6.45) is 0.487. The summed E-state index contributed by atoms with van der Waals surface area (Å²) in [6, 6.07) is 15.8. The van der Waals surface area contributed by atoms with Crippen LogP contribution < -0.4 is 20.5 Å². The molecule has 0 bridgehead atoms. The van der Waals surface area contributed by atoms with Crippen LogP contribution in [0.15, 0.2) is 59.5 Å². The molecule has 9 nitrogen and oxygen atoms in total. The maximum absolute atomic E-state index is 12.3. The number of carbonyl (C=O) groups excluding carboxylic acids is 1. The first-order valence-electron chi connectivity index (χ1n) is 9.72. The Bertz CT molecular complexity index is 1190. The number of carbonyl (C=O) groups is 1. The summed E-state index contributed by atoms with van der Waals surface area (Å²) in [7, 11) is -2.08. The second-order valence-electron chi connectivity index (χ2n) is 7.21. The molecule has 1 aliphatic rings. The van der Waals surface area contributed by atoms with Crippen molar-refractivity contribution in [3.05, 3.63) is 65.9 Å². The maximum atomic E-state index is 12.3. The first-order valence-corrected chi connectivity index (χ1v) is 11.3. The number of benzene rings is 2. The normalized spacial score (nSPS) is 15.9. The molecule has 2 aromatic carbocycles. The van der Waals surface area contributed by atoms with Gasteiger partial charge in [-0.05, 0) is 54.4 Å². The van der Waals surface area contributed by atoms with Crippen molar-refractivity contribution in [3.63, 3.8) is 0 Å². The first-order chi connectivity index (χ1) is 14.8. The second-order valence-corrected chi connectivity index (χ2v) is 8.77. The van der Waals surface area contributed by atoms with E-state index in [2.05, 4.69) is 15.7 Å². The lowest BCUT2D eigenvalue weighted by atomic mass is 10.1. The predicted molar refractivity (Wildman–Crippen MR) is 115 cm³/mol. The van der Waals surface area contributed by atoms with Crippen LogP contribution >= 0.6 is 0 Å². The van der Waals surface area contributed by atoms with Gasteiger partial charge in [-0.3, -0.25) is 10.1 Å². The first kappa shape index (κ1) is 21.0. The zero-order valence-corrected chi connectivity index (χ0v) is 17.7. The van der Waals surface area contributed by atoms with Gasteiger partial charge in [-0.15, -0.1) is 0 Å². The SMILES string of the molecule is COc1ccc(-c2cc3n(n2)[C@H](NCCc2ccc(S(N)(=O)=O)cc2)CNC3=O)cc1. The molecule has 3 aromatic rings. The van der Waals surface area contributed by atoms with Crippen molar-refractivity contribution in [1.29, 1.82) is 0 Å². The van der Waals surface area contributed by atoms with Crippen molar-refractivity contribution in [2.45, 2.75) is 17.5 Å². The molecule has 0 radical (unpaired) electrons. The number of primary sulfonamides is 1. The summed E-state index contributed by atoms with van der Waals surface area (Å²) < 4.78 is 29.6. The Kier molecular flexibility index (Phi) is 5.77. The van der Waals surface area contributed by atoms with Crippen molar-refractivity contribution in [2.24, 2.45) is 5.14 Å². The van der Waals surface area contributed by atoms with Crippen molar-refractivity contribution in [2.75, 3.05) is 20.2 Å². The van der Waals surface area contributed by atoms with Gasteiger partial charge in [0, 0.05) is 12.1 Å². The third-order valence-electron chi connectivity index (χ3n) is 5.15. The Labute approximate surface area is 180 Å². The van der Waals surface area contributed by atoms with Gasteiger partial charge in [0.05, 0.1) is 24.2 Å². The molecule has 0 saturated carbocycles. The molecule has 10 heteroatoms. The molecule has 0 aliphatic carbocycles. The predicted octanol–water partition coefficient (Wildman–Crippen LogP) is 1.28. The van der Waals surface area contributed by atoms with Gasteiger partial charge in [-0.2, -0.15) is 5.10 Å². The second kappa shape index (κ2) is 8.50. The molecule has 162 valence electrons. The van der Waals surface area contributed by atoms with Crippen molar-refractivity contribution >= 4 is 15.9 Å². The largest absolute Gasteiger partial charge is 0.497 e. The molecule has 1 aliphatic heterocycles. The number of nitrogens with one attached hydrogen (secondary N) is 2. The molecular formula is C21H23N5O4S.